The van der Waals surface area contributed by atoms with E-state index in [1.807, 2.05) is 18.2 Å². The van der Waals surface area contributed by atoms with Gasteiger partial charge in [0.2, 0.25) is 0 Å². The molecule has 1 heterocycles. The third-order valence-corrected chi connectivity index (χ3v) is 3.97. The summed E-state index contributed by atoms with van der Waals surface area (Å²) in [7, 11) is 0. The standard InChI is InChI=1S/C18H20N2O/c1-2-13-3-5-14(6-4-13)12-20-18(21)16-8-7-15-9-10-19-17(15)11-16/h3-8,11,19H,2,9-10,12H2,1H3,(H,20,21). The van der Waals surface area contributed by atoms with E-state index in [0.29, 0.717) is 12.1 Å². The van der Waals surface area contributed by atoms with E-state index in [1.165, 1.54) is 11.1 Å². The third kappa shape index (κ3) is 3.07. The van der Waals surface area contributed by atoms with Crippen LogP contribution in [0.4, 0.5) is 5.69 Å². The first-order chi connectivity index (χ1) is 10.3. The molecule has 0 unspecified atom stereocenters. The van der Waals surface area contributed by atoms with Crippen molar-refractivity contribution in [1.82, 2.24) is 5.32 Å². The SMILES string of the molecule is CCc1ccc(CNC(=O)c2ccc3c(c2)NCC3)cc1. The molecule has 3 rings (SSSR count). The predicted octanol–water partition coefficient (Wildman–Crippen LogP) is 3.15. The molecule has 0 bridgehead atoms. The van der Waals surface area contributed by atoms with Crippen LogP contribution in [0.1, 0.15) is 34.0 Å². The number of amides is 1. The Morgan fingerprint density at radius 2 is 1.90 bits per heavy atom. The lowest BCUT2D eigenvalue weighted by Gasteiger charge is -2.08. The van der Waals surface area contributed by atoms with Crippen LogP contribution >= 0.6 is 0 Å². The highest BCUT2D eigenvalue weighted by Gasteiger charge is 2.13. The van der Waals surface area contributed by atoms with E-state index in [0.717, 1.165) is 30.6 Å². The summed E-state index contributed by atoms with van der Waals surface area (Å²) in [5, 5.41) is 6.28. The van der Waals surface area contributed by atoms with Crippen molar-refractivity contribution in [1.29, 1.82) is 0 Å². The van der Waals surface area contributed by atoms with Gasteiger partial charge in [-0.15, -0.1) is 0 Å². The topological polar surface area (TPSA) is 41.1 Å². The van der Waals surface area contributed by atoms with Crippen LogP contribution in [0.3, 0.4) is 0 Å². The van der Waals surface area contributed by atoms with E-state index in [1.54, 1.807) is 0 Å². The zero-order chi connectivity index (χ0) is 14.7. The molecule has 2 aromatic carbocycles. The summed E-state index contributed by atoms with van der Waals surface area (Å²) in [6, 6.07) is 14.3. The van der Waals surface area contributed by atoms with Crippen LogP contribution in [0, 0.1) is 0 Å². The fourth-order valence-corrected chi connectivity index (χ4v) is 2.61. The first-order valence-electron chi connectivity index (χ1n) is 7.49. The molecule has 21 heavy (non-hydrogen) atoms. The summed E-state index contributed by atoms with van der Waals surface area (Å²) in [5.41, 5.74) is 5.54. The molecular formula is C18H20N2O. The number of carbonyl (C=O) groups is 1. The molecule has 0 saturated heterocycles. The van der Waals surface area contributed by atoms with E-state index in [-0.39, 0.29) is 5.91 Å². The lowest BCUT2D eigenvalue weighted by molar-refractivity contribution is 0.0951. The lowest BCUT2D eigenvalue weighted by atomic mass is 10.1. The second kappa shape index (κ2) is 6.00. The second-order valence-electron chi connectivity index (χ2n) is 5.40. The van der Waals surface area contributed by atoms with Crippen LogP contribution in [0.2, 0.25) is 0 Å². The highest BCUT2D eigenvalue weighted by atomic mass is 16.1. The van der Waals surface area contributed by atoms with Gasteiger partial charge in [-0.2, -0.15) is 0 Å². The van der Waals surface area contributed by atoms with E-state index in [2.05, 4.69) is 41.8 Å². The Morgan fingerprint density at radius 1 is 1.14 bits per heavy atom. The molecule has 0 fully saturated rings. The number of hydrogen-bond donors (Lipinski definition) is 2. The van der Waals surface area contributed by atoms with Gasteiger partial charge in [0, 0.05) is 24.3 Å². The van der Waals surface area contributed by atoms with Gasteiger partial charge < -0.3 is 10.6 Å². The molecule has 0 radical (unpaired) electrons. The maximum atomic E-state index is 12.2. The highest BCUT2D eigenvalue weighted by molar-refractivity contribution is 5.95. The molecule has 0 saturated carbocycles. The molecular weight excluding hydrogens is 260 g/mol. The van der Waals surface area contributed by atoms with Crippen molar-refractivity contribution in [2.45, 2.75) is 26.3 Å². The van der Waals surface area contributed by atoms with E-state index in [9.17, 15) is 4.79 Å². The van der Waals surface area contributed by atoms with Gasteiger partial charge in [-0.25, -0.2) is 0 Å². The Kier molecular flexibility index (Phi) is 3.91. The van der Waals surface area contributed by atoms with Crippen molar-refractivity contribution in [3.63, 3.8) is 0 Å². The molecule has 3 heteroatoms. The Morgan fingerprint density at radius 3 is 2.67 bits per heavy atom. The van der Waals surface area contributed by atoms with E-state index >= 15 is 0 Å². The van der Waals surface area contributed by atoms with Crippen LogP contribution in [0.5, 0.6) is 0 Å². The van der Waals surface area contributed by atoms with Gasteiger partial charge in [0.25, 0.3) is 5.91 Å². The number of carbonyl (C=O) groups excluding carboxylic acids is 1. The maximum absolute atomic E-state index is 12.2. The van der Waals surface area contributed by atoms with Gasteiger partial charge in [-0.1, -0.05) is 37.3 Å². The molecule has 1 aliphatic rings. The Bertz CT molecular complexity index is 647. The quantitative estimate of drug-likeness (QED) is 0.903. The Labute approximate surface area is 125 Å². The maximum Gasteiger partial charge on any atom is 0.251 e. The number of fused-ring (bicyclic) bond motifs is 1. The molecule has 0 aliphatic carbocycles. The molecule has 2 N–H and O–H groups in total. The molecule has 108 valence electrons. The number of anilines is 1. The monoisotopic (exact) mass is 280 g/mol. The van der Waals surface area contributed by atoms with Crippen LogP contribution in [0.25, 0.3) is 0 Å². The van der Waals surface area contributed by atoms with Crippen molar-refractivity contribution in [2.75, 3.05) is 11.9 Å². The Balaban J connectivity index is 1.63. The molecule has 0 aromatic heterocycles. The summed E-state index contributed by atoms with van der Waals surface area (Å²) in [6.07, 6.45) is 2.08. The van der Waals surface area contributed by atoms with Gasteiger partial charge in [0.15, 0.2) is 0 Å². The van der Waals surface area contributed by atoms with Crippen molar-refractivity contribution in [2.24, 2.45) is 0 Å². The fraction of sp³-hybridized carbons (Fsp3) is 0.278. The smallest absolute Gasteiger partial charge is 0.251 e. The minimum absolute atomic E-state index is 0.0222. The van der Waals surface area contributed by atoms with Gasteiger partial charge in [-0.3, -0.25) is 4.79 Å². The van der Waals surface area contributed by atoms with Crippen LogP contribution < -0.4 is 10.6 Å². The number of aryl methyl sites for hydroxylation is 1. The molecule has 2 aromatic rings. The van der Waals surface area contributed by atoms with E-state index < -0.39 is 0 Å². The largest absolute Gasteiger partial charge is 0.384 e. The number of nitrogens with one attached hydrogen (secondary N) is 2. The molecule has 1 aliphatic heterocycles. The second-order valence-corrected chi connectivity index (χ2v) is 5.40. The minimum atomic E-state index is -0.0222. The summed E-state index contributed by atoms with van der Waals surface area (Å²) in [6.45, 7) is 3.66. The summed E-state index contributed by atoms with van der Waals surface area (Å²) < 4.78 is 0. The summed E-state index contributed by atoms with van der Waals surface area (Å²) >= 11 is 0. The number of rotatable bonds is 4. The first-order valence-corrected chi connectivity index (χ1v) is 7.49. The molecule has 1 amide bonds. The number of benzene rings is 2. The first kappa shape index (κ1) is 13.7. The normalized spacial score (nSPS) is 12.6. The van der Waals surface area contributed by atoms with Gasteiger partial charge in [0.1, 0.15) is 0 Å². The zero-order valence-corrected chi connectivity index (χ0v) is 12.3. The fourth-order valence-electron chi connectivity index (χ4n) is 2.61. The molecule has 3 nitrogen and oxygen atoms in total. The summed E-state index contributed by atoms with van der Waals surface area (Å²) in [5.74, 6) is -0.0222. The van der Waals surface area contributed by atoms with Crippen molar-refractivity contribution in [3.05, 3.63) is 64.7 Å². The average Bonchev–Trinajstić information content (AvgIpc) is 3.00. The molecule has 0 atom stereocenters. The van der Waals surface area contributed by atoms with Crippen molar-refractivity contribution < 1.29 is 4.79 Å². The highest BCUT2D eigenvalue weighted by Crippen LogP contribution is 2.23. The minimum Gasteiger partial charge on any atom is -0.384 e. The van der Waals surface area contributed by atoms with Gasteiger partial charge in [0.05, 0.1) is 0 Å². The van der Waals surface area contributed by atoms with Crippen LogP contribution in [-0.4, -0.2) is 12.5 Å². The Hall–Kier alpha value is -2.29. The van der Waals surface area contributed by atoms with E-state index in [4.69, 9.17) is 0 Å². The summed E-state index contributed by atoms with van der Waals surface area (Å²) in [4.78, 5) is 12.2. The van der Waals surface area contributed by atoms with Gasteiger partial charge >= 0.3 is 0 Å². The number of hydrogen-bond acceptors (Lipinski definition) is 2. The molecule has 0 spiro atoms. The zero-order valence-electron chi connectivity index (χ0n) is 12.3. The van der Waals surface area contributed by atoms with Crippen LogP contribution in [0.15, 0.2) is 42.5 Å². The van der Waals surface area contributed by atoms with Crippen molar-refractivity contribution >= 4 is 11.6 Å². The average molecular weight is 280 g/mol. The lowest BCUT2D eigenvalue weighted by Crippen LogP contribution is -2.22. The van der Waals surface area contributed by atoms with Crippen molar-refractivity contribution in [3.8, 4) is 0 Å². The third-order valence-electron chi connectivity index (χ3n) is 3.97. The van der Waals surface area contributed by atoms with Crippen LogP contribution in [-0.2, 0) is 19.4 Å². The predicted molar refractivity (Wildman–Crippen MR) is 85.6 cm³/mol. The van der Waals surface area contributed by atoms with Gasteiger partial charge in [-0.05, 0) is 41.7 Å².